The lowest BCUT2D eigenvalue weighted by Gasteiger charge is -2.27. The number of hydrogen-bond donors (Lipinski definition) is 1. The maximum atomic E-state index is 11.8. The SMILES string of the molecule is C[C@H]1CC(CN)CN1C(=O)OC(C)(C)C. The molecule has 1 unspecified atom stereocenters. The number of carbonyl (C=O) groups is 1. The fourth-order valence-corrected chi connectivity index (χ4v) is 1.89. The molecule has 0 saturated carbocycles. The molecule has 15 heavy (non-hydrogen) atoms. The predicted octanol–water partition coefficient (Wildman–Crippen LogP) is 1.59. The largest absolute Gasteiger partial charge is 0.444 e. The molecule has 0 aliphatic carbocycles. The van der Waals surface area contributed by atoms with Gasteiger partial charge in [-0.2, -0.15) is 0 Å². The lowest BCUT2D eigenvalue weighted by molar-refractivity contribution is 0.0234. The molecule has 0 aromatic carbocycles. The standard InChI is InChI=1S/C11H22N2O2/c1-8-5-9(6-12)7-13(8)10(14)15-11(2,3)4/h8-9H,5-7,12H2,1-4H3/t8-,9?/m0/s1. The third-order valence-electron chi connectivity index (χ3n) is 2.62. The number of nitrogens with two attached hydrogens (primary N) is 1. The van der Waals surface area contributed by atoms with E-state index in [-0.39, 0.29) is 12.1 Å². The van der Waals surface area contributed by atoms with Gasteiger partial charge in [-0.25, -0.2) is 4.79 Å². The van der Waals surface area contributed by atoms with Gasteiger partial charge in [-0.3, -0.25) is 0 Å². The van der Waals surface area contributed by atoms with Gasteiger partial charge in [0, 0.05) is 12.6 Å². The van der Waals surface area contributed by atoms with Crippen LogP contribution in [0.2, 0.25) is 0 Å². The zero-order valence-electron chi connectivity index (χ0n) is 10.1. The third-order valence-corrected chi connectivity index (χ3v) is 2.62. The molecule has 1 saturated heterocycles. The number of amides is 1. The number of likely N-dealkylation sites (tertiary alicyclic amines) is 1. The second kappa shape index (κ2) is 4.39. The highest BCUT2D eigenvalue weighted by atomic mass is 16.6. The van der Waals surface area contributed by atoms with Crippen LogP contribution in [0, 0.1) is 5.92 Å². The van der Waals surface area contributed by atoms with Crippen molar-refractivity contribution in [1.29, 1.82) is 0 Å². The summed E-state index contributed by atoms with van der Waals surface area (Å²) in [5.74, 6) is 0.424. The van der Waals surface area contributed by atoms with Crippen molar-refractivity contribution in [1.82, 2.24) is 4.90 Å². The van der Waals surface area contributed by atoms with Gasteiger partial charge in [0.05, 0.1) is 0 Å². The van der Waals surface area contributed by atoms with Gasteiger partial charge in [-0.15, -0.1) is 0 Å². The van der Waals surface area contributed by atoms with E-state index in [1.807, 2.05) is 27.7 Å². The van der Waals surface area contributed by atoms with E-state index >= 15 is 0 Å². The van der Waals surface area contributed by atoms with Gasteiger partial charge in [-0.1, -0.05) is 0 Å². The molecule has 1 amide bonds. The Kier molecular flexibility index (Phi) is 3.60. The summed E-state index contributed by atoms with van der Waals surface area (Å²) >= 11 is 0. The van der Waals surface area contributed by atoms with Crippen molar-refractivity contribution in [3.63, 3.8) is 0 Å². The van der Waals surface area contributed by atoms with Crippen molar-refractivity contribution >= 4 is 6.09 Å². The van der Waals surface area contributed by atoms with E-state index in [9.17, 15) is 4.79 Å². The molecule has 2 N–H and O–H groups in total. The minimum absolute atomic E-state index is 0.217. The highest BCUT2D eigenvalue weighted by molar-refractivity contribution is 5.68. The summed E-state index contributed by atoms with van der Waals surface area (Å²) in [6, 6.07) is 0.244. The molecular formula is C11H22N2O2. The van der Waals surface area contributed by atoms with Crippen LogP contribution in [-0.4, -0.2) is 35.7 Å². The first-order valence-electron chi connectivity index (χ1n) is 5.53. The van der Waals surface area contributed by atoms with Crippen molar-refractivity contribution in [3.05, 3.63) is 0 Å². The molecule has 1 aliphatic rings. The van der Waals surface area contributed by atoms with Gasteiger partial charge in [-0.05, 0) is 46.6 Å². The van der Waals surface area contributed by atoms with Gasteiger partial charge >= 0.3 is 6.09 Å². The van der Waals surface area contributed by atoms with Gasteiger partial charge in [0.25, 0.3) is 0 Å². The first-order valence-corrected chi connectivity index (χ1v) is 5.53. The second-order valence-electron chi connectivity index (χ2n) is 5.32. The maximum absolute atomic E-state index is 11.8. The minimum Gasteiger partial charge on any atom is -0.444 e. The van der Waals surface area contributed by atoms with E-state index in [0.29, 0.717) is 12.5 Å². The summed E-state index contributed by atoms with van der Waals surface area (Å²) in [6.45, 7) is 9.06. The molecular weight excluding hydrogens is 192 g/mol. The topological polar surface area (TPSA) is 55.6 Å². The van der Waals surface area contributed by atoms with Crippen molar-refractivity contribution < 1.29 is 9.53 Å². The minimum atomic E-state index is -0.419. The Hall–Kier alpha value is -0.770. The monoisotopic (exact) mass is 214 g/mol. The van der Waals surface area contributed by atoms with E-state index < -0.39 is 5.60 Å². The van der Waals surface area contributed by atoms with Gasteiger partial charge in [0.1, 0.15) is 5.60 Å². The summed E-state index contributed by atoms with van der Waals surface area (Å²) in [7, 11) is 0. The summed E-state index contributed by atoms with van der Waals surface area (Å²) in [6.07, 6.45) is 0.765. The quantitative estimate of drug-likeness (QED) is 0.721. The van der Waals surface area contributed by atoms with Crippen LogP contribution >= 0.6 is 0 Å². The average molecular weight is 214 g/mol. The molecule has 4 heteroatoms. The molecule has 0 aromatic rings. The first-order chi connectivity index (χ1) is 6.83. The molecule has 0 bridgehead atoms. The smallest absolute Gasteiger partial charge is 0.410 e. The fraction of sp³-hybridized carbons (Fsp3) is 0.909. The second-order valence-corrected chi connectivity index (χ2v) is 5.32. The van der Waals surface area contributed by atoms with Crippen molar-refractivity contribution in [3.8, 4) is 0 Å². The lowest BCUT2D eigenvalue weighted by Crippen LogP contribution is -2.39. The molecule has 1 aliphatic heterocycles. The molecule has 0 aromatic heterocycles. The number of nitrogens with zero attached hydrogens (tertiary/aromatic N) is 1. The van der Waals surface area contributed by atoms with E-state index in [2.05, 4.69) is 0 Å². The normalized spacial score (nSPS) is 26.9. The van der Waals surface area contributed by atoms with E-state index in [1.54, 1.807) is 4.90 Å². The number of hydrogen-bond acceptors (Lipinski definition) is 3. The predicted molar refractivity (Wildman–Crippen MR) is 59.6 cm³/mol. The Balaban J connectivity index is 2.54. The molecule has 88 valence electrons. The van der Waals surface area contributed by atoms with Crippen LogP contribution in [-0.2, 0) is 4.74 Å². The Morgan fingerprint density at radius 3 is 2.53 bits per heavy atom. The molecule has 0 radical (unpaired) electrons. The van der Waals surface area contributed by atoms with E-state index in [4.69, 9.17) is 10.5 Å². The first kappa shape index (κ1) is 12.3. The molecule has 0 spiro atoms. The van der Waals surface area contributed by atoms with Crippen molar-refractivity contribution in [2.75, 3.05) is 13.1 Å². The summed E-state index contributed by atoms with van der Waals surface area (Å²) < 4.78 is 5.33. The zero-order valence-corrected chi connectivity index (χ0v) is 10.1. The maximum Gasteiger partial charge on any atom is 0.410 e. The van der Waals surface area contributed by atoms with Crippen molar-refractivity contribution in [2.45, 2.75) is 45.8 Å². The Morgan fingerprint density at radius 2 is 2.13 bits per heavy atom. The van der Waals surface area contributed by atoms with Crippen molar-refractivity contribution in [2.24, 2.45) is 11.7 Å². The average Bonchev–Trinajstić information content (AvgIpc) is 2.43. The number of ether oxygens (including phenoxy) is 1. The van der Waals surface area contributed by atoms with Crippen LogP contribution in [0.4, 0.5) is 4.79 Å². The van der Waals surface area contributed by atoms with E-state index in [1.165, 1.54) is 0 Å². The van der Waals surface area contributed by atoms with Crippen LogP contribution in [0.15, 0.2) is 0 Å². The lowest BCUT2D eigenvalue weighted by atomic mass is 10.1. The van der Waals surface area contributed by atoms with Gasteiger partial charge < -0.3 is 15.4 Å². The molecule has 1 fully saturated rings. The molecule has 1 rings (SSSR count). The molecule has 1 heterocycles. The summed E-state index contributed by atoms with van der Waals surface area (Å²) in [5, 5.41) is 0. The van der Waals surface area contributed by atoms with Crippen LogP contribution in [0.1, 0.15) is 34.1 Å². The highest BCUT2D eigenvalue weighted by Gasteiger charge is 2.34. The Bertz CT molecular complexity index is 235. The molecule has 2 atom stereocenters. The zero-order chi connectivity index (χ0) is 11.6. The number of carbonyl (C=O) groups excluding carboxylic acids is 1. The summed E-state index contributed by atoms with van der Waals surface area (Å²) in [4.78, 5) is 13.6. The fourth-order valence-electron chi connectivity index (χ4n) is 1.89. The molecule has 4 nitrogen and oxygen atoms in total. The number of rotatable bonds is 1. The van der Waals surface area contributed by atoms with Gasteiger partial charge in [0.2, 0.25) is 0 Å². The Morgan fingerprint density at radius 1 is 1.53 bits per heavy atom. The van der Waals surface area contributed by atoms with Crippen LogP contribution in [0.25, 0.3) is 0 Å². The van der Waals surface area contributed by atoms with Gasteiger partial charge in [0.15, 0.2) is 0 Å². The van der Waals surface area contributed by atoms with Crippen LogP contribution in [0.5, 0.6) is 0 Å². The Labute approximate surface area is 91.8 Å². The van der Waals surface area contributed by atoms with Crippen LogP contribution < -0.4 is 5.73 Å². The summed E-state index contributed by atoms with van der Waals surface area (Å²) in [5.41, 5.74) is 5.19. The highest BCUT2D eigenvalue weighted by Crippen LogP contribution is 2.24. The van der Waals surface area contributed by atoms with E-state index in [0.717, 1.165) is 13.0 Å². The van der Waals surface area contributed by atoms with Crippen LogP contribution in [0.3, 0.4) is 0 Å². The third kappa shape index (κ3) is 3.38.